The van der Waals surface area contributed by atoms with Crippen LogP contribution < -0.4 is 5.32 Å². The highest BCUT2D eigenvalue weighted by Gasteiger charge is 2.20. The Balaban J connectivity index is 1.52. The van der Waals surface area contributed by atoms with E-state index in [0.717, 1.165) is 10.9 Å². The number of H-pyrrole nitrogens is 1. The van der Waals surface area contributed by atoms with Gasteiger partial charge < -0.3 is 15.0 Å². The molecule has 29 heavy (non-hydrogen) atoms. The molecule has 0 saturated carbocycles. The summed E-state index contributed by atoms with van der Waals surface area (Å²) in [5.41, 5.74) is 2.91. The van der Waals surface area contributed by atoms with Crippen LogP contribution in [0.4, 0.5) is 5.69 Å². The van der Waals surface area contributed by atoms with Crippen LogP contribution in [0.5, 0.6) is 0 Å². The molecule has 0 bridgehead atoms. The zero-order valence-electron chi connectivity index (χ0n) is 15.7. The van der Waals surface area contributed by atoms with Crippen LogP contribution in [0, 0.1) is 0 Å². The van der Waals surface area contributed by atoms with Gasteiger partial charge >= 0.3 is 5.97 Å². The molecule has 4 aromatic rings. The van der Waals surface area contributed by atoms with Gasteiger partial charge in [-0.15, -0.1) is 10.2 Å². The van der Waals surface area contributed by atoms with Crippen molar-refractivity contribution in [3.63, 3.8) is 0 Å². The SMILES string of the molecule is COC(=O)c1ccccc1NC(=O)C(C)Sc1nnc2c(n1)[nH]c1ccccc12. The van der Waals surface area contributed by atoms with Gasteiger partial charge in [-0.25, -0.2) is 9.78 Å². The molecular weight excluding hydrogens is 390 g/mol. The third-order valence-electron chi connectivity index (χ3n) is 4.34. The molecule has 2 aromatic carbocycles. The molecule has 4 rings (SSSR count). The average Bonchev–Trinajstić information content (AvgIpc) is 3.11. The Kier molecular flexibility index (Phi) is 5.13. The molecule has 8 nitrogen and oxygen atoms in total. The predicted octanol–water partition coefficient (Wildman–Crippen LogP) is 3.41. The number of para-hydroxylation sites is 2. The van der Waals surface area contributed by atoms with Crippen LogP contribution in [-0.2, 0) is 9.53 Å². The van der Waals surface area contributed by atoms with Gasteiger partial charge in [0.05, 0.1) is 23.6 Å². The quantitative estimate of drug-likeness (QED) is 0.385. The summed E-state index contributed by atoms with van der Waals surface area (Å²) in [6, 6.07) is 14.4. The van der Waals surface area contributed by atoms with Crippen molar-refractivity contribution in [2.24, 2.45) is 0 Å². The Labute approximate surface area is 170 Å². The number of hydrogen-bond acceptors (Lipinski definition) is 7. The summed E-state index contributed by atoms with van der Waals surface area (Å²) in [6.07, 6.45) is 0. The van der Waals surface area contributed by atoms with Gasteiger partial charge in [-0.3, -0.25) is 4.79 Å². The third kappa shape index (κ3) is 3.77. The first-order chi connectivity index (χ1) is 14.1. The second-order valence-electron chi connectivity index (χ2n) is 6.25. The molecule has 2 aromatic heterocycles. The molecular formula is C20H17N5O3S. The number of aromatic amines is 1. The van der Waals surface area contributed by atoms with E-state index < -0.39 is 11.2 Å². The highest BCUT2D eigenvalue weighted by Crippen LogP contribution is 2.26. The zero-order chi connectivity index (χ0) is 20.4. The first-order valence-corrected chi connectivity index (χ1v) is 9.71. The second-order valence-corrected chi connectivity index (χ2v) is 7.56. The van der Waals surface area contributed by atoms with Crippen LogP contribution in [0.2, 0.25) is 0 Å². The molecule has 0 aliphatic rings. The molecule has 1 unspecified atom stereocenters. The summed E-state index contributed by atoms with van der Waals surface area (Å²) >= 11 is 1.18. The summed E-state index contributed by atoms with van der Waals surface area (Å²) in [7, 11) is 1.30. The van der Waals surface area contributed by atoms with Crippen molar-refractivity contribution in [2.75, 3.05) is 12.4 Å². The minimum absolute atomic E-state index is 0.285. The van der Waals surface area contributed by atoms with Crippen LogP contribution in [0.3, 0.4) is 0 Å². The fourth-order valence-electron chi connectivity index (χ4n) is 2.88. The Morgan fingerprint density at radius 1 is 1.10 bits per heavy atom. The zero-order valence-corrected chi connectivity index (χ0v) is 16.5. The van der Waals surface area contributed by atoms with Crippen molar-refractivity contribution in [3.8, 4) is 0 Å². The molecule has 146 valence electrons. The number of esters is 1. The van der Waals surface area contributed by atoms with E-state index in [0.29, 0.717) is 22.0 Å². The first kappa shape index (κ1) is 18.9. The highest BCUT2D eigenvalue weighted by molar-refractivity contribution is 8.00. The van der Waals surface area contributed by atoms with Gasteiger partial charge in [0.2, 0.25) is 11.1 Å². The fraction of sp³-hybridized carbons (Fsp3) is 0.150. The van der Waals surface area contributed by atoms with Gasteiger partial charge in [-0.2, -0.15) is 0 Å². The number of methoxy groups -OCH3 is 1. The number of nitrogens with zero attached hydrogens (tertiary/aromatic N) is 3. The number of carbonyl (C=O) groups excluding carboxylic acids is 2. The maximum atomic E-state index is 12.6. The van der Waals surface area contributed by atoms with E-state index in [4.69, 9.17) is 4.74 Å². The highest BCUT2D eigenvalue weighted by atomic mass is 32.2. The number of anilines is 1. The summed E-state index contributed by atoms with van der Waals surface area (Å²) < 4.78 is 4.75. The van der Waals surface area contributed by atoms with Crippen molar-refractivity contribution in [3.05, 3.63) is 54.1 Å². The van der Waals surface area contributed by atoms with E-state index >= 15 is 0 Å². The third-order valence-corrected chi connectivity index (χ3v) is 5.30. The maximum Gasteiger partial charge on any atom is 0.339 e. The first-order valence-electron chi connectivity index (χ1n) is 8.83. The summed E-state index contributed by atoms with van der Waals surface area (Å²) in [4.78, 5) is 32.2. The van der Waals surface area contributed by atoms with E-state index in [1.165, 1.54) is 18.9 Å². The number of benzene rings is 2. The average molecular weight is 407 g/mol. The van der Waals surface area contributed by atoms with Crippen molar-refractivity contribution < 1.29 is 14.3 Å². The van der Waals surface area contributed by atoms with E-state index in [2.05, 4.69) is 25.5 Å². The van der Waals surface area contributed by atoms with Gasteiger partial charge in [0.15, 0.2) is 5.65 Å². The van der Waals surface area contributed by atoms with Crippen molar-refractivity contribution >= 4 is 51.4 Å². The monoisotopic (exact) mass is 407 g/mol. The van der Waals surface area contributed by atoms with Gasteiger partial charge in [0, 0.05) is 10.9 Å². The van der Waals surface area contributed by atoms with Crippen LogP contribution in [0.25, 0.3) is 22.1 Å². The fourth-order valence-corrected chi connectivity index (χ4v) is 3.60. The molecule has 0 aliphatic carbocycles. The van der Waals surface area contributed by atoms with Crippen LogP contribution >= 0.6 is 11.8 Å². The smallest absolute Gasteiger partial charge is 0.339 e. The lowest BCUT2D eigenvalue weighted by Gasteiger charge is -2.13. The largest absolute Gasteiger partial charge is 0.465 e. The van der Waals surface area contributed by atoms with E-state index in [-0.39, 0.29) is 11.5 Å². The molecule has 2 N–H and O–H groups in total. The van der Waals surface area contributed by atoms with Gasteiger partial charge in [0.25, 0.3) is 0 Å². The lowest BCUT2D eigenvalue weighted by atomic mass is 10.2. The standard InChI is InChI=1S/C20H17N5O3S/c1-11(18(26)22-15-10-6-4-8-13(15)19(27)28-2)29-20-23-17-16(24-25-20)12-7-3-5-9-14(12)21-17/h3-11H,1-2H3,(H,22,26)(H,21,23,25). The van der Waals surface area contributed by atoms with Crippen molar-refractivity contribution in [1.82, 2.24) is 20.2 Å². The molecule has 0 aliphatic heterocycles. The summed E-state index contributed by atoms with van der Waals surface area (Å²) in [6.45, 7) is 1.74. The van der Waals surface area contributed by atoms with Crippen LogP contribution in [0.1, 0.15) is 17.3 Å². The van der Waals surface area contributed by atoms with Gasteiger partial charge in [-0.05, 0) is 25.1 Å². The van der Waals surface area contributed by atoms with Crippen molar-refractivity contribution in [2.45, 2.75) is 17.3 Å². The predicted molar refractivity (Wildman–Crippen MR) is 111 cm³/mol. The van der Waals surface area contributed by atoms with Crippen LogP contribution in [0.15, 0.2) is 53.7 Å². The summed E-state index contributed by atoms with van der Waals surface area (Å²) in [5, 5.41) is 12.0. The Morgan fingerprint density at radius 3 is 2.69 bits per heavy atom. The number of hydrogen-bond donors (Lipinski definition) is 2. The van der Waals surface area contributed by atoms with E-state index in [9.17, 15) is 9.59 Å². The van der Waals surface area contributed by atoms with E-state index in [1.54, 1.807) is 31.2 Å². The number of amides is 1. The Morgan fingerprint density at radius 2 is 1.86 bits per heavy atom. The van der Waals surface area contributed by atoms with Gasteiger partial charge in [0.1, 0.15) is 5.52 Å². The van der Waals surface area contributed by atoms with Gasteiger partial charge in [-0.1, -0.05) is 42.1 Å². The van der Waals surface area contributed by atoms with E-state index in [1.807, 2.05) is 24.3 Å². The van der Waals surface area contributed by atoms with Crippen LogP contribution in [-0.4, -0.2) is 44.4 Å². The molecule has 0 radical (unpaired) electrons. The minimum atomic E-state index is -0.516. The molecule has 0 fully saturated rings. The molecule has 0 spiro atoms. The molecule has 1 amide bonds. The molecule has 1 atom stereocenters. The number of nitrogens with one attached hydrogen (secondary N) is 2. The maximum absolute atomic E-state index is 12.6. The normalized spacial score (nSPS) is 12.1. The Bertz CT molecular complexity index is 1220. The minimum Gasteiger partial charge on any atom is -0.465 e. The summed E-state index contributed by atoms with van der Waals surface area (Å²) in [5.74, 6) is -0.801. The topological polar surface area (TPSA) is 110 Å². The molecule has 9 heteroatoms. The van der Waals surface area contributed by atoms with Crippen molar-refractivity contribution in [1.29, 1.82) is 0 Å². The number of aromatic nitrogens is 4. The Hall–Kier alpha value is -3.46. The number of ether oxygens (including phenoxy) is 1. The number of carbonyl (C=O) groups is 2. The number of rotatable bonds is 5. The lowest BCUT2D eigenvalue weighted by molar-refractivity contribution is -0.115. The second kappa shape index (κ2) is 7.88. The number of thioether (sulfide) groups is 1. The number of fused-ring (bicyclic) bond motifs is 3. The molecule has 0 saturated heterocycles. The lowest BCUT2D eigenvalue weighted by Crippen LogP contribution is -2.24. The molecule has 2 heterocycles.